The molecule has 17 heavy (non-hydrogen) atoms. The van der Waals surface area contributed by atoms with Crippen molar-refractivity contribution in [2.75, 3.05) is 5.73 Å². The average molecular weight is 236 g/mol. The van der Waals surface area contributed by atoms with Gasteiger partial charge in [-0.15, -0.1) is 0 Å². The van der Waals surface area contributed by atoms with E-state index in [9.17, 15) is 4.79 Å². The number of nitrogens with two attached hydrogens (primary N) is 1. The van der Waals surface area contributed by atoms with Crippen LogP contribution in [0.2, 0.25) is 0 Å². The van der Waals surface area contributed by atoms with Gasteiger partial charge in [0, 0.05) is 6.04 Å². The molecule has 2 unspecified atom stereocenters. The molecule has 1 fully saturated rings. The van der Waals surface area contributed by atoms with E-state index in [1.165, 1.54) is 0 Å². The quantitative estimate of drug-likeness (QED) is 0.724. The van der Waals surface area contributed by atoms with Crippen LogP contribution in [0, 0.1) is 5.92 Å². The molecular formula is C12H20N4O. The molecule has 1 amide bonds. The number of aromatic amines is 1. The molecule has 0 spiro atoms. The Bertz CT molecular complexity index is 413. The number of nitrogens with zero attached hydrogens (tertiary/aromatic N) is 1. The van der Waals surface area contributed by atoms with E-state index in [1.54, 1.807) is 0 Å². The van der Waals surface area contributed by atoms with E-state index in [4.69, 9.17) is 5.73 Å². The van der Waals surface area contributed by atoms with Gasteiger partial charge >= 0.3 is 0 Å². The summed E-state index contributed by atoms with van der Waals surface area (Å²) in [6.07, 6.45) is 4.00. The molecule has 4 N–H and O–H groups in total. The second-order valence-corrected chi connectivity index (χ2v) is 4.70. The van der Waals surface area contributed by atoms with Gasteiger partial charge in [0.2, 0.25) is 0 Å². The molecule has 0 aromatic carbocycles. The minimum atomic E-state index is -0.151. The summed E-state index contributed by atoms with van der Waals surface area (Å²) >= 11 is 0. The van der Waals surface area contributed by atoms with Crippen molar-refractivity contribution in [3.05, 3.63) is 11.4 Å². The molecule has 1 aromatic rings. The lowest BCUT2D eigenvalue weighted by Crippen LogP contribution is -2.27. The van der Waals surface area contributed by atoms with E-state index in [0.717, 1.165) is 31.4 Å². The van der Waals surface area contributed by atoms with Crippen LogP contribution in [-0.4, -0.2) is 22.1 Å². The highest BCUT2D eigenvalue weighted by molar-refractivity contribution is 5.97. The van der Waals surface area contributed by atoms with E-state index < -0.39 is 0 Å². The third kappa shape index (κ3) is 2.43. The van der Waals surface area contributed by atoms with Crippen molar-refractivity contribution in [2.45, 2.75) is 45.6 Å². The van der Waals surface area contributed by atoms with Crippen LogP contribution in [0.3, 0.4) is 0 Å². The average Bonchev–Trinajstić information content (AvgIpc) is 2.96. The second kappa shape index (κ2) is 4.77. The van der Waals surface area contributed by atoms with Crippen LogP contribution in [0.15, 0.2) is 0 Å². The maximum atomic E-state index is 11.9. The SMILES string of the molecule is CCCc1[nH]nc(C(=O)NC2CC2CC)c1N. The van der Waals surface area contributed by atoms with E-state index in [-0.39, 0.29) is 5.91 Å². The van der Waals surface area contributed by atoms with E-state index in [1.807, 2.05) is 0 Å². The Kier molecular flexibility index (Phi) is 3.36. The van der Waals surface area contributed by atoms with Crippen LogP contribution < -0.4 is 11.1 Å². The Morgan fingerprint density at radius 1 is 1.59 bits per heavy atom. The molecule has 1 aromatic heterocycles. The first-order valence-electron chi connectivity index (χ1n) is 6.30. The molecule has 2 atom stereocenters. The topological polar surface area (TPSA) is 83.8 Å². The molecule has 1 aliphatic rings. The van der Waals surface area contributed by atoms with E-state index in [2.05, 4.69) is 29.4 Å². The van der Waals surface area contributed by atoms with Gasteiger partial charge in [-0.3, -0.25) is 9.89 Å². The molecule has 1 aliphatic carbocycles. The predicted molar refractivity (Wildman–Crippen MR) is 66.6 cm³/mol. The summed E-state index contributed by atoms with van der Waals surface area (Å²) in [5.74, 6) is 0.483. The molecule has 5 nitrogen and oxygen atoms in total. The van der Waals surface area contributed by atoms with Gasteiger partial charge < -0.3 is 11.1 Å². The van der Waals surface area contributed by atoms with Crippen molar-refractivity contribution in [3.63, 3.8) is 0 Å². The van der Waals surface area contributed by atoms with Crippen LogP contribution in [-0.2, 0) is 6.42 Å². The molecule has 5 heteroatoms. The van der Waals surface area contributed by atoms with Crippen LogP contribution in [0.25, 0.3) is 0 Å². The standard InChI is InChI=1S/C12H20N4O/c1-3-5-8-10(13)11(16-15-8)12(17)14-9-6-7(9)4-2/h7,9H,3-6,13H2,1-2H3,(H,14,17)(H,15,16). The fourth-order valence-corrected chi connectivity index (χ4v) is 2.11. The number of H-pyrrole nitrogens is 1. The molecular weight excluding hydrogens is 216 g/mol. The maximum absolute atomic E-state index is 11.9. The first kappa shape index (κ1) is 12.0. The Hall–Kier alpha value is -1.52. The highest BCUT2D eigenvalue weighted by atomic mass is 16.2. The number of rotatable bonds is 5. The maximum Gasteiger partial charge on any atom is 0.274 e. The Morgan fingerprint density at radius 3 is 2.94 bits per heavy atom. The van der Waals surface area contributed by atoms with Gasteiger partial charge in [-0.1, -0.05) is 26.7 Å². The fourth-order valence-electron chi connectivity index (χ4n) is 2.11. The monoisotopic (exact) mass is 236 g/mol. The number of nitrogen functional groups attached to an aromatic ring is 1. The van der Waals surface area contributed by atoms with E-state index >= 15 is 0 Å². The van der Waals surface area contributed by atoms with Crippen LogP contribution >= 0.6 is 0 Å². The van der Waals surface area contributed by atoms with Crippen molar-refractivity contribution in [1.29, 1.82) is 0 Å². The lowest BCUT2D eigenvalue weighted by Gasteiger charge is -2.02. The van der Waals surface area contributed by atoms with Gasteiger partial charge in [0.15, 0.2) is 5.69 Å². The van der Waals surface area contributed by atoms with Crippen LogP contribution in [0.5, 0.6) is 0 Å². The summed E-state index contributed by atoms with van der Waals surface area (Å²) in [4.78, 5) is 11.9. The highest BCUT2D eigenvalue weighted by Gasteiger charge is 2.37. The predicted octanol–water partition coefficient (Wildman–Crippen LogP) is 1.47. The molecule has 2 rings (SSSR count). The zero-order valence-electron chi connectivity index (χ0n) is 10.4. The number of hydrogen-bond donors (Lipinski definition) is 3. The number of carbonyl (C=O) groups is 1. The zero-order valence-corrected chi connectivity index (χ0v) is 10.4. The first-order valence-corrected chi connectivity index (χ1v) is 6.30. The minimum absolute atomic E-state index is 0.151. The largest absolute Gasteiger partial charge is 0.395 e. The fraction of sp³-hybridized carbons (Fsp3) is 0.667. The number of aryl methyl sites for hydroxylation is 1. The van der Waals surface area contributed by atoms with E-state index in [0.29, 0.717) is 23.3 Å². The van der Waals surface area contributed by atoms with Crippen molar-refractivity contribution in [2.24, 2.45) is 5.92 Å². The Labute approximate surface area is 101 Å². The van der Waals surface area contributed by atoms with Crippen molar-refractivity contribution in [1.82, 2.24) is 15.5 Å². The molecule has 1 heterocycles. The van der Waals surface area contributed by atoms with Crippen LogP contribution in [0.4, 0.5) is 5.69 Å². The molecule has 0 aliphatic heterocycles. The number of carbonyl (C=O) groups excluding carboxylic acids is 1. The minimum Gasteiger partial charge on any atom is -0.395 e. The number of aromatic nitrogens is 2. The number of anilines is 1. The number of amides is 1. The van der Waals surface area contributed by atoms with Crippen molar-refractivity contribution < 1.29 is 4.79 Å². The molecule has 0 bridgehead atoms. The summed E-state index contributed by atoms with van der Waals surface area (Å²) < 4.78 is 0. The zero-order chi connectivity index (χ0) is 12.4. The van der Waals surface area contributed by atoms with Crippen LogP contribution in [0.1, 0.15) is 49.3 Å². The molecule has 94 valence electrons. The normalized spacial score (nSPS) is 22.5. The molecule has 0 radical (unpaired) electrons. The molecule has 1 saturated carbocycles. The van der Waals surface area contributed by atoms with Crippen molar-refractivity contribution in [3.8, 4) is 0 Å². The summed E-state index contributed by atoms with van der Waals surface area (Å²) in [7, 11) is 0. The van der Waals surface area contributed by atoms with Gasteiger partial charge in [-0.05, 0) is 18.8 Å². The van der Waals surface area contributed by atoms with Gasteiger partial charge in [0.05, 0.1) is 11.4 Å². The van der Waals surface area contributed by atoms with Gasteiger partial charge in [0.1, 0.15) is 0 Å². The summed E-state index contributed by atoms with van der Waals surface area (Å²) in [6.45, 7) is 4.20. The van der Waals surface area contributed by atoms with Gasteiger partial charge in [-0.25, -0.2) is 0 Å². The lowest BCUT2D eigenvalue weighted by atomic mass is 10.2. The van der Waals surface area contributed by atoms with Gasteiger partial charge in [-0.2, -0.15) is 5.10 Å². The second-order valence-electron chi connectivity index (χ2n) is 4.70. The number of hydrogen-bond acceptors (Lipinski definition) is 3. The third-order valence-corrected chi connectivity index (χ3v) is 3.36. The first-order chi connectivity index (χ1) is 8.17. The molecule has 0 saturated heterocycles. The smallest absolute Gasteiger partial charge is 0.274 e. The Morgan fingerprint density at radius 2 is 2.35 bits per heavy atom. The van der Waals surface area contributed by atoms with Crippen molar-refractivity contribution >= 4 is 11.6 Å². The highest BCUT2D eigenvalue weighted by Crippen LogP contribution is 2.33. The summed E-state index contributed by atoms with van der Waals surface area (Å²) in [5, 5.41) is 9.81. The lowest BCUT2D eigenvalue weighted by molar-refractivity contribution is 0.0945. The third-order valence-electron chi connectivity index (χ3n) is 3.36. The number of nitrogens with one attached hydrogen (secondary N) is 2. The Balaban J connectivity index is 1.99. The summed E-state index contributed by atoms with van der Waals surface area (Å²) in [5.41, 5.74) is 7.60. The van der Waals surface area contributed by atoms with Gasteiger partial charge in [0.25, 0.3) is 5.91 Å². The summed E-state index contributed by atoms with van der Waals surface area (Å²) in [6, 6.07) is 0.318.